The largest absolute Gasteiger partial charge is 0.493 e. The highest BCUT2D eigenvalue weighted by Gasteiger charge is 2.18. The van der Waals surface area contributed by atoms with E-state index in [1.54, 1.807) is 30.0 Å². The molecule has 2 aromatic carbocycles. The number of amidine groups is 1. The molecule has 3 rings (SSSR count). The van der Waals surface area contributed by atoms with Crippen LogP contribution < -0.4 is 14.8 Å². The molecule has 26 heavy (non-hydrogen) atoms. The lowest BCUT2D eigenvalue weighted by Gasteiger charge is -2.24. The molecule has 0 saturated carbocycles. The molecule has 0 saturated heterocycles. The third-order valence-electron chi connectivity index (χ3n) is 3.51. The predicted molar refractivity (Wildman–Crippen MR) is 111 cm³/mol. The van der Waals surface area contributed by atoms with Crippen molar-refractivity contribution >= 4 is 51.7 Å². The Kier molecular flexibility index (Phi) is 7.20. The second-order valence-corrected chi connectivity index (χ2v) is 7.86. The maximum absolute atomic E-state index is 6.13. The number of nitrogens with zero attached hydrogens (tertiary/aromatic N) is 1. The quantitative estimate of drug-likeness (QED) is 0.641. The third kappa shape index (κ3) is 5.88. The monoisotopic (exact) mass is 430 g/mol. The van der Waals surface area contributed by atoms with E-state index in [1.165, 1.54) is 0 Å². The Hall–Kier alpha value is -1.27. The summed E-state index contributed by atoms with van der Waals surface area (Å²) in [5.41, 5.74) is 0. The minimum atomic E-state index is -0.0663. The Morgan fingerprint density at radius 2 is 1.85 bits per heavy atom. The summed E-state index contributed by atoms with van der Waals surface area (Å²) in [5, 5.41) is 5.95. The van der Waals surface area contributed by atoms with E-state index in [4.69, 9.17) is 44.3 Å². The van der Waals surface area contributed by atoms with E-state index in [0.717, 1.165) is 16.7 Å². The van der Waals surface area contributed by atoms with Gasteiger partial charge in [-0.15, -0.1) is 0 Å². The zero-order valence-electron chi connectivity index (χ0n) is 13.8. The van der Waals surface area contributed by atoms with Crippen LogP contribution in [-0.2, 0) is 0 Å². The summed E-state index contributed by atoms with van der Waals surface area (Å²) in [6.07, 6.45) is -0.0663. The number of hydrogen-bond donors (Lipinski definition) is 1. The normalized spacial score (nSPS) is 16.6. The van der Waals surface area contributed by atoms with Gasteiger partial charge in [0.25, 0.3) is 0 Å². The summed E-state index contributed by atoms with van der Waals surface area (Å²) in [6, 6.07) is 12.5. The van der Waals surface area contributed by atoms with E-state index in [2.05, 4.69) is 10.3 Å². The number of halogens is 3. The van der Waals surface area contributed by atoms with Crippen molar-refractivity contribution in [2.24, 2.45) is 4.99 Å². The molecule has 0 radical (unpaired) electrons. The van der Waals surface area contributed by atoms with Crippen LogP contribution in [0.4, 0.5) is 0 Å². The van der Waals surface area contributed by atoms with Gasteiger partial charge in [-0.1, -0.05) is 46.6 Å². The first kappa shape index (κ1) is 19.5. The highest BCUT2D eigenvalue weighted by molar-refractivity contribution is 8.13. The molecular weight excluding hydrogens is 415 g/mol. The number of benzene rings is 2. The van der Waals surface area contributed by atoms with Crippen LogP contribution in [0.25, 0.3) is 0 Å². The van der Waals surface area contributed by atoms with E-state index in [1.807, 2.05) is 24.3 Å². The van der Waals surface area contributed by atoms with Crippen LogP contribution in [0.3, 0.4) is 0 Å². The second-order valence-electron chi connectivity index (χ2n) is 5.49. The molecule has 0 aromatic heterocycles. The van der Waals surface area contributed by atoms with Crippen molar-refractivity contribution in [3.05, 3.63) is 57.5 Å². The van der Waals surface area contributed by atoms with Gasteiger partial charge in [-0.2, -0.15) is 0 Å². The zero-order chi connectivity index (χ0) is 18.4. The average Bonchev–Trinajstić information content (AvgIpc) is 2.64. The van der Waals surface area contributed by atoms with Crippen LogP contribution in [-0.4, -0.2) is 36.7 Å². The van der Waals surface area contributed by atoms with E-state index in [-0.39, 0.29) is 6.10 Å². The van der Waals surface area contributed by atoms with Gasteiger partial charge in [0, 0.05) is 15.8 Å². The van der Waals surface area contributed by atoms with Crippen molar-refractivity contribution in [1.82, 2.24) is 5.32 Å². The fourth-order valence-electron chi connectivity index (χ4n) is 2.26. The SMILES string of the molecule is Clc1ccc(OCCSC2=NCC(Oc3ccc(Cl)cc3Cl)CN2)cc1. The van der Waals surface area contributed by atoms with Crippen LogP contribution in [0, 0.1) is 0 Å². The fourth-order valence-corrected chi connectivity index (χ4v) is 3.55. The van der Waals surface area contributed by atoms with Crippen LogP contribution >= 0.6 is 46.6 Å². The van der Waals surface area contributed by atoms with Gasteiger partial charge in [0.1, 0.15) is 17.6 Å². The second kappa shape index (κ2) is 9.60. The van der Waals surface area contributed by atoms with E-state index >= 15 is 0 Å². The number of rotatable bonds is 6. The summed E-state index contributed by atoms with van der Waals surface area (Å²) in [5.74, 6) is 2.22. The summed E-state index contributed by atoms with van der Waals surface area (Å²) >= 11 is 19.5. The summed E-state index contributed by atoms with van der Waals surface area (Å²) < 4.78 is 11.5. The number of nitrogens with one attached hydrogen (secondary N) is 1. The Labute approximate surface area is 171 Å². The Bertz CT molecular complexity index is 772. The molecule has 1 atom stereocenters. The Morgan fingerprint density at radius 1 is 1.08 bits per heavy atom. The lowest BCUT2D eigenvalue weighted by Crippen LogP contribution is -2.41. The molecular formula is C18H17Cl3N2O2S. The molecule has 0 bridgehead atoms. The number of ether oxygens (including phenoxy) is 2. The van der Waals surface area contributed by atoms with Gasteiger partial charge in [0.05, 0.1) is 24.7 Å². The summed E-state index contributed by atoms with van der Waals surface area (Å²) in [4.78, 5) is 4.51. The van der Waals surface area contributed by atoms with Gasteiger partial charge in [0.2, 0.25) is 0 Å². The van der Waals surface area contributed by atoms with E-state index in [0.29, 0.717) is 40.5 Å². The van der Waals surface area contributed by atoms with Crippen LogP contribution in [0.15, 0.2) is 47.5 Å². The Balaban J connectivity index is 1.39. The lowest BCUT2D eigenvalue weighted by atomic mass is 10.3. The first-order valence-corrected chi connectivity index (χ1v) is 10.1. The maximum atomic E-state index is 6.13. The standard InChI is InChI=1S/C18H17Cl3N2O2S/c19-12-1-4-14(5-2-12)24-7-8-26-18-22-10-15(11-23-18)25-17-6-3-13(20)9-16(17)21/h1-6,9,15H,7-8,10-11H2,(H,22,23). The molecule has 4 nitrogen and oxygen atoms in total. The van der Waals surface area contributed by atoms with Crippen LogP contribution in [0.1, 0.15) is 0 Å². The molecule has 0 amide bonds. The molecule has 1 aliphatic heterocycles. The molecule has 8 heteroatoms. The van der Waals surface area contributed by atoms with Crippen molar-refractivity contribution in [2.45, 2.75) is 6.10 Å². The highest BCUT2D eigenvalue weighted by Crippen LogP contribution is 2.28. The lowest BCUT2D eigenvalue weighted by molar-refractivity contribution is 0.208. The highest BCUT2D eigenvalue weighted by atomic mass is 35.5. The van der Waals surface area contributed by atoms with Gasteiger partial charge in [-0.3, -0.25) is 4.99 Å². The molecule has 0 aliphatic carbocycles. The van der Waals surface area contributed by atoms with Gasteiger partial charge < -0.3 is 14.8 Å². The third-order valence-corrected chi connectivity index (χ3v) is 5.21. The molecule has 1 unspecified atom stereocenters. The Morgan fingerprint density at radius 3 is 2.54 bits per heavy atom. The van der Waals surface area contributed by atoms with Crippen molar-refractivity contribution in [1.29, 1.82) is 0 Å². The first-order valence-electron chi connectivity index (χ1n) is 8.01. The molecule has 138 valence electrons. The smallest absolute Gasteiger partial charge is 0.156 e. The minimum Gasteiger partial charge on any atom is -0.493 e. The number of hydrogen-bond acceptors (Lipinski definition) is 5. The van der Waals surface area contributed by atoms with Gasteiger partial charge in [0.15, 0.2) is 5.17 Å². The molecule has 1 aliphatic rings. The fraction of sp³-hybridized carbons (Fsp3) is 0.278. The molecule has 0 fully saturated rings. The zero-order valence-corrected chi connectivity index (χ0v) is 16.8. The molecule has 1 N–H and O–H groups in total. The van der Waals surface area contributed by atoms with Gasteiger partial charge in [-0.05, 0) is 42.5 Å². The number of aliphatic imine (C=N–C) groups is 1. The summed E-state index contributed by atoms with van der Waals surface area (Å²) in [7, 11) is 0. The van der Waals surface area contributed by atoms with Crippen molar-refractivity contribution in [3.63, 3.8) is 0 Å². The average molecular weight is 432 g/mol. The van der Waals surface area contributed by atoms with Gasteiger partial charge in [-0.25, -0.2) is 0 Å². The van der Waals surface area contributed by atoms with Crippen molar-refractivity contribution in [2.75, 3.05) is 25.4 Å². The van der Waals surface area contributed by atoms with Crippen molar-refractivity contribution in [3.8, 4) is 11.5 Å². The topological polar surface area (TPSA) is 42.9 Å². The minimum absolute atomic E-state index is 0.0663. The molecule has 0 spiro atoms. The molecule has 2 aromatic rings. The molecule has 1 heterocycles. The van der Waals surface area contributed by atoms with Crippen molar-refractivity contribution < 1.29 is 9.47 Å². The van der Waals surface area contributed by atoms with Crippen LogP contribution in [0.5, 0.6) is 11.5 Å². The van der Waals surface area contributed by atoms with E-state index in [9.17, 15) is 0 Å². The maximum Gasteiger partial charge on any atom is 0.156 e. The first-order chi connectivity index (χ1) is 12.6. The number of thioether (sulfide) groups is 1. The van der Waals surface area contributed by atoms with E-state index < -0.39 is 0 Å². The van der Waals surface area contributed by atoms with Gasteiger partial charge >= 0.3 is 0 Å². The summed E-state index contributed by atoms with van der Waals surface area (Å²) in [6.45, 7) is 1.84. The predicted octanol–water partition coefficient (Wildman–Crippen LogP) is 5.17. The van der Waals surface area contributed by atoms with Crippen LogP contribution in [0.2, 0.25) is 15.1 Å².